The SMILES string of the molecule is CCCN(CC)CCNC(=O)CC1CSCCN1. The largest absolute Gasteiger partial charge is 0.355 e. The molecule has 0 aromatic heterocycles. The molecule has 5 heteroatoms. The van der Waals surface area contributed by atoms with Crippen molar-refractivity contribution in [1.29, 1.82) is 0 Å². The Labute approximate surface area is 115 Å². The molecule has 1 heterocycles. The lowest BCUT2D eigenvalue weighted by molar-refractivity contribution is -0.121. The summed E-state index contributed by atoms with van der Waals surface area (Å²) in [6.45, 7) is 9.30. The number of carbonyl (C=O) groups excluding carboxylic acids is 1. The first-order valence-corrected chi connectivity index (χ1v) is 8.21. The molecule has 18 heavy (non-hydrogen) atoms. The van der Waals surface area contributed by atoms with E-state index in [4.69, 9.17) is 0 Å². The number of nitrogens with one attached hydrogen (secondary N) is 2. The fourth-order valence-corrected chi connectivity index (χ4v) is 3.09. The van der Waals surface area contributed by atoms with E-state index in [1.165, 1.54) is 12.2 Å². The van der Waals surface area contributed by atoms with E-state index in [0.29, 0.717) is 12.5 Å². The Morgan fingerprint density at radius 2 is 2.28 bits per heavy atom. The number of rotatable bonds is 8. The second-order valence-corrected chi connectivity index (χ2v) is 5.86. The van der Waals surface area contributed by atoms with Gasteiger partial charge in [-0.3, -0.25) is 4.79 Å². The molecule has 0 radical (unpaired) electrons. The highest BCUT2D eigenvalue weighted by molar-refractivity contribution is 7.99. The van der Waals surface area contributed by atoms with Crippen LogP contribution in [-0.2, 0) is 4.79 Å². The molecule has 0 bridgehead atoms. The fraction of sp³-hybridized carbons (Fsp3) is 0.923. The van der Waals surface area contributed by atoms with Gasteiger partial charge in [-0.2, -0.15) is 11.8 Å². The van der Waals surface area contributed by atoms with Crippen LogP contribution >= 0.6 is 11.8 Å². The first-order chi connectivity index (χ1) is 8.76. The number of likely N-dealkylation sites (N-methyl/N-ethyl adjacent to an activating group) is 1. The Morgan fingerprint density at radius 3 is 2.89 bits per heavy atom. The highest BCUT2D eigenvalue weighted by Crippen LogP contribution is 2.09. The molecule has 2 N–H and O–H groups in total. The number of hydrogen-bond acceptors (Lipinski definition) is 4. The van der Waals surface area contributed by atoms with Gasteiger partial charge in [-0.15, -0.1) is 0 Å². The van der Waals surface area contributed by atoms with Gasteiger partial charge in [-0.25, -0.2) is 0 Å². The summed E-state index contributed by atoms with van der Waals surface area (Å²) >= 11 is 1.93. The van der Waals surface area contributed by atoms with E-state index >= 15 is 0 Å². The quantitative estimate of drug-likeness (QED) is 0.690. The van der Waals surface area contributed by atoms with Gasteiger partial charge < -0.3 is 15.5 Å². The molecule has 1 amide bonds. The van der Waals surface area contributed by atoms with Crippen molar-refractivity contribution >= 4 is 17.7 Å². The summed E-state index contributed by atoms with van der Waals surface area (Å²) in [5.74, 6) is 2.41. The molecule has 106 valence electrons. The highest BCUT2D eigenvalue weighted by atomic mass is 32.2. The summed E-state index contributed by atoms with van der Waals surface area (Å²) in [4.78, 5) is 14.1. The Kier molecular flexibility index (Phi) is 8.46. The van der Waals surface area contributed by atoms with Gasteiger partial charge >= 0.3 is 0 Å². The van der Waals surface area contributed by atoms with Crippen molar-refractivity contribution in [1.82, 2.24) is 15.5 Å². The second-order valence-electron chi connectivity index (χ2n) is 4.71. The summed E-state index contributed by atoms with van der Waals surface area (Å²) < 4.78 is 0. The van der Waals surface area contributed by atoms with Crippen LogP contribution < -0.4 is 10.6 Å². The molecule has 0 spiro atoms. The third-order valence-electron chi connectivity index (χ3n) is 3.17. The van der Waals surface area contributed by atoms with Gasteiger partial charge in [-0.1, -0.05) is 13.8 Å². The van der Waals surface area contributed by atoms with Crippen molar-refractivity contribution in [3.63, 3.8) is 0 Å². The molecule has 1 saturated heterocycles. The Morgan fingerprint density at radius 1 is 1.44 bits per heavy atom. The zero-order valence-electron chi connectivity index (χ0n) is 11.7. The van der Waals surface area contributed by atoms with Gasteiger partial charge in [0.25, 0.3) is 0 Å². The van der Waals surface area contributed by atoms with Crippen molar-refractivity contribution in [2.45, 2.75) is 32.7 Å². The standard InChI is InChI=1S/C13H27N3OS/c1-3-7-16(4-2)8-5-15-13(17)10-12-11-18-9-6-14-12/h12,14H,3-11H2,1-2H3,(H,15,17). The molecule has 0 saturated carbocycles. The molecule has 1 rings (SSSR count). The zero-order valence-corrected chi connectivity index (χ0v) is 12.5. The molecule has 1 unspecified atom stereocenters. The molecular weight excluding hydrogens is 246 g/mol. The lowest BCUT2D eigenvalue weighted by atomic mass is 10.2. The molecule has 0 aliphatic carbocycles. The van der Waals surface area contributed by atoms with Crippen LogP contribution in [0.1, 0.15) is 26.7 Å². The van der Waals surface area contributed by atoms with Gasteiger partial charge in [-0.05, 0) is 19.5 Å². The van der Waals surface area contributed by atoms with Crippen LogP contribution in [0.5, 0.6) is 0 Å². The molecule has 1 aliphatic heterocycles. The molecule has 4 nitrogen and oxygen atoms in total. The monoisotopic (exact) mass is 273 g/mol. The molecular formula is C13H27N3OS. The number of amides is 1. The van der Waals surface area contributed by atoms with Crippen LogP contribution in [0.2, 0.25) is 0 Å². The van der Waals surface area contributed by atoms with Gasteiger partial charge in [0.05, 0.1) is 0 Å². The third kappa shape index (κ3) is 6.61. The van der Waals surface area contributed by atoms with Gasteiger partial charge in [0.2, 0.25) is 5.91 Å². The van der Waals surface area contributed by atoms with E-state index < -0.39 is 0 Å². The van der Waals surface area contributed by atoms with E-state index in [0.717, 1.165) is 38.5 Å². The van der Waals surface area contributed by atoms with Crippen molar-refractivity contribution in [2.24, 2.45) is 0 Å². The van der Waals surface area contributed by atoms with Crippen LogP contribution in [0, 0.1) is 0 Å². The smallest absolute Gasteiger partial charge is 0.221 e. The molecule has 1 aliphatic rings. The van der Waals surface area contributed by atoms with E-state index in [9.17, 15) is 4.79 Å². The van der Waals surface area contributed by atoms with Crippen LogP contribution in [0.15, 0.2) is 0 Å². The fourth-order valence-electron chi connectivity index (χ4n) is 2.14. The zero-order chi connectivity index (χ0) is 13.2. The van der Waals surface area contributed by atoms with Crippen molar-refractivity contribution in [3.05, 3.63) is 0 Å². The summed E-state index contributed by atoms with van der Waals surface area (Å²) in [7, 11) is 0. The van der Waals surface area contributed by atoms with E-state index in [2.05, 4.69) is 29.4 Å². The number of carbonyl (C=O) groups is 1. The second kappa shape index (κ2) is 9.64. The van der Waals surface area contributed by atoms with E-state index in [1.54, 1.807) is 0 Å². The normalized spacial score (nSPS) is 20.1. The topological polar surface area (TPSA) is 44.4 Å². The predicted molar refractivity (Wildman–Crippen MR) is 79.1 cm³/mol. The van der Waals surface area contributed by atoms with Gasteiger partial charge in [0.1, 0.15) is 0 Å². The van der Waals surface area contributed by atoms with Gasteiger partial charge in [0, 0.05) is 43.6 Å². The molecule has 0 aromatic rings. The van der Waals surface area contributed by atoms with E-state index in [-0.39, 0.29) is 5.91 Å². The van der Waals surface area contributed by atoms with Crippen molar-refractivity contribution < 1.29 is 4.79 Å². The molecule has 1 atom stereocenters. The lowest BCUT2D eigenvalue weighted by Gasteiger charge is -2.23. The summed E-state index contributed by atoms with van der Waals surface area (Å²) in [5, 5.41) is 6.41. The summed E-state index contributed by atoms with van der Waals surface area (Å²) in [6, 6.07) is 0.363. The van der Waals surface area contributed by atoms with Crippen LogP contribution in [-0.4, -0.2) is 61.1 Å². The third-order valence-corrected chi connectivity index (χ3v) is 4.30. The molecule has 0 aromatic carbocycles. The van der Waals surface area contributed by atoms with E-state index in [1.807, 2.05) is 11.8 Å². The minimum Gasteiger partial charge on any atom is -0.355 e. The predicted octanol–water partition coefficient (Wildman–Crippen LogP) is 0.930. The minimum atomic E-state index is 0.183. The van der Waals surface area contributed by atoms with Crippen molar-refractivity contribution in [3.8, 4) is 0 Å². The number of nitrogens with zero attached hydrogens (tertiary/aromatic N) is 1. The first-order valence-electron chi connectivity index (χ1n) is 7.06. The van der Waals surface area contributed by atoms with Crippen molar-refractivity contribution in [2.75, 3.05) is 44.2 Å². The number of hydrogen-bond donors (Lipinski definition) is 2. The number of thioether (sulfide) groups is 1. The van der Waals surface area contributed by atoms with Crippen LogP contribution in [0.25, 0.3) is 0 Å². The Balaban J connectivity index is 2.08. The minimum absolute atomic E-state index is 0.183. The van der Waals surface area contributed by atoms with Crippen LogP contribution in [0.4, 0.5) is 0 Å². The molecule has 1 fully saturated rings. The summed E-state index contributed by atoms with van der Waals surface area (Å²) in [5.41, 5.74) is 0. The average molecular weight is 273 g/mol. The van der Waals surface area contributed by atoms with Crippen LogP contribution in [0.3, 0.4) is 0 Å². The lowest BCUT2D eigenvalue weighted by Crippen LogP contribution is -2.42. The van der Waals surface area contributed by atoms with Gasteiger partial charge in [0.15, 0.2) is 0 Å². The maximum atomic E-state index is 11.8. The summed E-state index contributed by atoms with van der Waals surface area (Å²) in [6.07, 6.45) is 1.79. The Bertz CT molecular complexity index is 232. The highest BCUT2D eigenvalue weighted by Gasteiger charge is 2.16. The first kappa shape index (κ1) is 15.8. The maximum absolute atomic E-state index is 11.8. The maximum Gasteiger partial charge on any atom is 0.221 e. The Hall–Kier alpha value is -0.260. The average Bonchev–Trinajstić information content (AvgIpc) is 2.39.